The monoisotopic (exact) mass is 281 g/mol. The first-order valence-electron chi connectivity index (χ1n) is 6.49. The molecule has 0 aliphatic carbocycles. The van der Waals surface area contributed by atoms with Crippen molar-refractivity contribution in [2.45, 2.75) is 32.9 Å². The molecule has 5 nitrogen and oxygen atoms in total. The molecule has 2 heterocycles. The zero-order valence-corrected chi connectivity index (χ0v) is 12.5. The van der Waals surface area contributed by atoms with E-state index in [0.29, 0.717) is 5.02 Å². The van der Waals surface area contributed by atoms with Crippen molar-refractivity contribution < 1.29 is 0 Å². The lowest BCUT2D eigenvalue weighted by atomic mass is 10.1. The summed E-state index contributed by atoms with van der Waals surface area (Å²) in [6, 6.07) is 0.274. The zero-order valence-electron chi connectivity index (χ0n) is 11.8. The van der Waals surface area contributed by atoms with Crippen LogP contribution in [0.25, 0.3) is 0 Å². The van der Waals surface area contributed by atoms with Crippen molar-refractivity contribution in [2.75, 3.05) is 6.54 Å². The molecule has 0 aromatic carbocycles. The molecule has 0 amide bonds. The normalized spacial score (nSPS) is 13.2. The van der Waals surface area contributed by atoms with Gasteiger partial charge in [0.15, 0.2) is 0 Å². The highest BCUT2D eigenvalue weighted by atomic mass is 35.5. The fourth-order valence-corrected chi connectivity index (χ4v) is 2.44. The summed E-state index contributed by atoms with van der Waals surface area (Å²) in [6.45, 7) is 7.12. The van der Waals surface area contributed by atoms with Gasteiger partial charge in [0.1, 0.15) is 0 Å². The Morgan fingerprint density at radius 1 is 1.32 bits per heavy atom. The van der Waals surface area contributed by atoms with Crippen molar-refractivity contribution in [1.82, 2.24) is 24.9 Å². The van der Waals surface area contributed by atoms with Gasteiger partial charge in [0, 0.05) is 24.8 Å². The molecular weight excluding hydrogens is 262 g/mol. The molecule has 0 saturated carbocycles. The van der Waals surface area contributed by atoms with Crippen molar-refractivity contribution in [2.24, 2.45) is 7.05 Å². The van der Waals surface area contributed by atoms with Crippen LogP contribution in [0.5, 0.6) is 0 Å². The molecule has 104 valence electrons. The molecule has 0 spiro atoms. The Bertz CT molecular complexity index is 543. The van der Waals surface area contributed by atoms with E-state index in [1.165, 1.54) is 0 Å². The number of rotatable bonds is 5. The standard InChI is InChI=1S/C13H20ClN5/c1-5-15-12(10-6-16-18(4)8-10)13-11(14)7-17-19(13)9(2)3/h6-9,12,15H,5H2,1-4H3. The Hall–Kier alpha value is -1.33. The quantitative estimate of drug-likeness (QED) is 0.916. The van der Waals surface area contributed by atoms with E-state index in [2.05, 4.69) is 36.3 Å². The summed E-state index contributed by atoms with van der Waals surface area (Å²) in [7, 11) is 1.91. The third-order valence-corrected chi connectivity index (χ3v) is 3.31. The molecule has 0 bridgehead atoms. The zero-order chi connectivity index (χ0) is 14.0. The molecule has 2 aromatic rings. The highest BCUT2D eigenvalue weighted by molar-refractivity contribution is 6.31. The predicted molar refractivity (Wildman–Crippen MR) is 76.3 cm³/mol. The van der Waals surface area contributed by atoms with Gasteiger partial charge in [-0.3, -0.25) is 9.36 Å². The smallest absolute Gasteiger partial charge is 0.0837 e. The first-order valence-corrected chi connectivity index (χ1v) is 6.87. The maximum Gasteiger partial charge on any atom is 0.0837 e. The van der Waals surface area contributed by atoms with Crippen LogP contribution in [-0.4, -0.2) is 26.1 Å². The average Bonchev–Trinajstić information content (AvgIpc) is 2.93. The van der Waals surface area contributed by atoms with E-state index < -0.39 is 0 Å². The molecule has 6 heteroatoms. The first-order chi connectivity index (χ1) is 9.04. The Kier molecular flexibility index (Phi) is 4.27. The van der Waals surface area contributed by atoms with Crippen LogP contribution in [0.4, 0.5) is 0 Å². The molecule has 2 rings (SSSR count). The van der Waals surface area contributed by atoms with Gasteiger partial charge in [-0.15, -0.1) is 0 Å². The Labute approximate surface area is 118 Å². The molecule has 19 heavy (non-hydrogen) atoms. The van der Waals surface area contributed by atoms with Gasteiger partial charge < -0.3 is 5.32 Å². The van der Waals surface area contributed by atoms with E-state index in [0.717, 1.165) is 17.8 Å². The van der Waals surface area contributed by atoms with Crippen molar-refractivity contribution in [3.63, 3.8) is 0 Å². The lowest BCUT2D eigenvalue weighted by molar-refractivity contribution is 0.476. The fourth-order valence-electron chi connectivity index (χ4n) is 2.20. The van der Waals surface area contributed by atoms with Crippen molar-refractivity contribution in [3.05, 3.63) is 34.9 Å². The van der Waals surface area contributed by atoms with E-state index in [4.69, 9.17) is 11.6 Å². The Balaban J connectivity index is 2.47. The van der Waals surface area contributed by atoms with Crippen LogP contribution in [0, 0.1) is 0 Å². The maximum absolute atomic E-state index is 6.33. The van der Waals surface area contributed by atoms with E-state index in [1.807, 2.05) is 24.1 Å². The van der Waals surface area contributed by atoms with Crippen molar-refractivity contribution >= 4 is 11.6 Å². The van der Waals surface area contributed by atoms with Gasteiger partial charge in [-0.1, -0.05) is 18.5 Å². The minimum Gasteiger partial charge on any atom is -0.305 e. The third kappa shape index (κ3) is 2.82. The Morgan fingerprint density at radius 3 is 2.58 bits per heavy atom. The van der Waals surface area contributed by atoms with Gasteiger partial charge in [-0.05, 0) is 20.4 Å². The van der Waals surface area contributed by atoms with Gasteiger partial charge in [-0.2, -0.15) is 10.2 Å². The highest BCUT2D eigenvalue weighted by Gasteiger charge is 2.23. The van der Waals surface area contributed by atoms with Crippen LogP contribution >= 0.6 is 11.6 Å². The van der Waals surface area contributed by atoms with E-state index in [-0.39, 0.29) is 12.1 Å². The fraction of sp³-hybridized carbons (Fsp3) is 0.538. The second-order valence-electron chi connectivity index (χ2n) is 4.85. The summed E-state index contributed by atoms with van der Waals surface area (Å²) in [5, 5.41) is 12.7. The molecule has 1 N–H and O–H groups in total. The number of halogens is 1. The molecular formula is C13H20ClN5. The van der Waals surface area contributed by atoms with Gasteiger partial charge >= 0.3 is 0 Å². The van der Waals surface area contributed by atoms with E-state index >= 15 is 0 Å². The van der Waals surface area contributed by atoms with Crippen LogP contribution in [0.15, 0.2) is 18.6 Å². The van der Waals surface area contributed by atoms with Gasteiger partial charge in [0.05, 0.1) is 29.2 Å². The highest BCUT2D eigenvalue weighted by Crippen LogP contribution is 2.29. The molecule has 0 radical (unpaired) electrons. The minimum absolute atomic E-state index is 0.0103. The number of nitrogens with one attached hydrogen (secondary N) is 1. The molecule has 0 aliphatic rings. The van der Waals surface area contributed by atoms with Gasteiger partial charge in [0.25, 0.3) is 0 Å². The summed E-state index contributed by atoms with van der Waals surface area (Å²) >= 11 is 6.33. The predicted octanol–water partition coefficient (Wildman–Crippen LogP) is 2.55. The average molecular weight is 282 g/mol. The van der Waals surface area contributed by atoms with Crippen molar-refractivity contribution in [1.29, 1.82) is 0 Å². The van der Waals surface area contributed by atoms with Crippen LogP contribution in [0.2, 0.25) is 5.02 Å². The third-order valence-electron chi connectivity index (χ3n) is 3.02. The molecule has 0 aliphatic heterocycles. The summed E-state index contributed by atoms with van der Waals surface area (Å²) in [5.74, 6) is 0. The molecule has 0 fully saturated rings. The van der Waals surface area contributed by atoms with Crippen molar-refractivity contribution in [3.8, 4) is 0 Å². The van der Waals surface area contributed by atoms with Crippen LogP contribution < -0.4 is 5.32 Å². The Morgan fingerprint density at radius 2 is 2.05 bits per heavy atom. The lowest BCUT2D eigenvalue weighted by Gasteiger charge is -2.20. The molecule has 1 atom stereocenters. The number of hydrogen-bond acceptors (Lipinski definition) is 3. The van der Waals surface area contributed by atoms with E-state index in [1.54, 1.807) is 10.9 Å². The summed E-state index contributed by atoms with van der Waals surface area (Å²) in [5.41, 5.74) is 2.08. The number of aromatic nitrogens is 4. The first kappa shape index (κ1) is 14.1. The maximum atomic E-state index is 6.33. The molecule has 1 unspecified atom stereocenters. The minimum atomic E-state index is 0.0103. The lowest BCUT2D eigenvalue weighted by Crippen LogP contribution is -2.25. The van der Waals surface area contributed by atoms with Crippen LogP contribution in [-0.2, 0) is 7.05 Å². The van der Waals surface area contributed by atoms with Crippen LogP contribution in [0.1, 0.15) is 44.1 Å². The SMILES string of the molecule is CCNC(c1cnn(C)c1)c1c(Cl)cnn1C(C)C. The van der Waals surface area contributed by atoms with Crippen LogP contribution in [0.3, 0.4) is 0 Å². The number of aryl methyl sites for hydroxylation is 1. The number of hydrogen-bond donors (Lipinski definition) is 1. The molecule has 2 aromatic heterocycles. The second kappa shape index (κ2) is 5.75. The summed E-state index contributed by atoms with van der Waals surface area (Å²) < 4.78 is 3.76. The number of nitrogens with zero attached hydrogens (tertiary/aromatic N) is 4. The topological polar surface area (TPSA) is 47.7 Å². The summed E-state index contributed by atoms with van der Waals surface area (Å²) in [6.07, 6.45) is 5.57. The largest absolute Gasteiger partial charge is 0.305 e. The molecule has 0 saturated heterocycles. The van der Waals surface area contributed by atoms with Gasteiger partial charge in [-0.25, -0.2) is 0 Å². The second-order valence-corrected chi connectivity index (χ2v) is 5.26. The summed E-state index contributed by atoms with van der Waals surface area (Å²) in [4.78, 5) is 0. The van der Waals surface area contributed by atoms with Gasteiger partial charge in [0.2, 0.25) is 0 Å². The van der Waals surface area contributed by atoms with E-state index in [9.17, 15) is 0 Å².